The Morgan fingerprint density at radius 2 is 1.94 bits per heavy atom. The molecule has 0 N–H and O–H groups in total. The van der Waals surface area contributed by atoms with Gasteiger partial charge in [-0.05, 0) is 63.5 Å². The van der Waals surface area contributed by atoms with Gasteiger partial charge in [-0.3, -0.25) is 9.59 Å². The first-order valence-electron chi connectivity index (χ1n) is 11.2. The second-order valence-electron chi connectivity index (χ2n) is 11.0. The van der Waals surface area contributed by atoms with Crippen molar-refractivity contribution < 1.29 is 23.5 Å². The zero-order valence-corrected chi connectivity index (χ0v) is 20.9. The summed E-state index contributed by atoms with van der Waals surface area (Å²) in [6.07, 6.45) is 6.79. The fraction of sp³-hybridized carbons (Fsp3) is 0.750. The number of carbonyl (C=O) groups is 2. The number of allylic oxidation sites excluding steroid dienone is 4. The van der Waals surface area contributed by atoms with Gasteiger partial charge in [0.05, 0.1) is 16.4 Å². The number of ether oxygens (including phenoxy) is 2. The molecule has 9 atom stereocenters. The van der Waals surface area contributed by atoms with E-state index in [0.717, 1.165) is 12.0 Å². The first-order valence-corrected chi connectivity index (χ1v) is 12.5. The molecule has 4 fully saturated rings. The van der Waals surface area contributed by atoms with Crippen LogP contribution in [0.15, 0.2) is 23.8 Å². The molecule has 1 aliphatic heterocycles. The summed E-state index contributed by atoms with van der Waals surface area (Å²) in [7, 11) is 0. The molecule has 0 radical (unpaired) electrons. The number of hydrogen-bond donors (Lipinski definition) is 0. The van der Waals surface area contributed by atoms with E-state index in [9.17, 15) is 14.0 Å². The van der Waals surface area contributed by atoms with Crippen LogP contribution in [0.1, 0.15) is 53.4 Å². The fourth-order valence-corrected chi connectivity index (χ4v) is 9.24. The van der Waals surface area contributed by atoms with Crippen molar-refractivity contribution in [3.63, 3.8) is 0 Å². The third kappa shape index (κ3) is 2.58. The minimum Gasteiger partial charge on any atom is -0.344 e. The number of fused-ring (bicyclic) bond motifs is 7. The van der Waals surface area contributed by atoms with Crippen LogP contribution >= 0.6 is 34.8 Å². The Labute approximate surface area is 202 Å². The molecule has 0 amide bonds. The summed E-state index contributed by atoms with van der Waals surface area (Å²) in [5.41, 5.74) is -4.13. The maximum Gasteiger partial charge on any atom is 0.234 e. The monoisotopic (exact) mass is 504 g/mol. The van der Waals surface area contributed by atoms with Gasteiger partial charge in [0.15, 0.2) is 17.2 Å². The molecule has 0 aromatic carbocycles. The second-order valence-corrected chi connectivity index (χ2v) is 12.5. The molecule has 0 spiro atoms. The maximum atomic E-state index is 14.4. The summed E-state index contributed by atoms with van der Waals surface area (Å²) < 4.78 is 26.8. The highest BCUT2D eigenvalue weighted by Gasteiger charge is 2.79. The predicted molar refractivity (Wildman–Crippen MR) is 121 cm³/mol. The summed E-state index contributed by atoms with van der Waals surface area (Å²) in [6.45, 7) is 7.46. The zero-order valence-electron chi connectivity index (χ0n) is 18.6. The number of alkyl halides is 4. The van der Waals surface area contributed by atoms with Gasteiger partial charge in [-0.1, -0.05) is 37.1 Å². The molecule has 1 heterocycles. The lowest BCUT2D eigenvalue weighted by atomic mass is 9.46. The molecule has 3 saturated carbocycles. The Morgan fingerprint density at radius 1 is 1.25 bits per heavy atom. The number of carbonyl (C=O) groups excluding carboxylic acids is 2. The highest BCUT2D eigenvalue weighted by atomic mass is 35.5. The van der Waals surface area contributed by atoms with Crippen LogP contribution < -0.4 is 0 Å². The van der Waals surface area contributed by atoms with Gasteiger partial charge in [0.2, 0.25) is 11.4 Å². The first kappa shape index (κ1) is 23.3. The van der Waals surface area contributed by atoms with Crippen LogP contribution in [0.2, 0.25) is 0 Å². The van der Waals surface area contributed by atoms with E-state index in [1.807, 2.05) is 19.9 Å². The number of hydrogen-bond acceptors (Lipinski definition) is 4. The van der Waals surface area contributed by atoms with Crippen molar-refractivity contribution in [1.82, 2.24) is 0 Å². The third-order valence-corrected chi connectivity index (χ3v) is 10.9. The molecule has 8 heteroatoms. The average Bonchev–Trinajstić information content (AvgIpc) is 3.09. The Hall–Kier alpha value is -0.460. The van der Waals surface area contributed by atoms with Gasteiger partial charge in [-0.25, -0.2) is 4.39 Å². The van der Waals surface area contributed by atoms with E-state index in [-0.39, 0.29) is 17.6 Å². The Balaban J connectivity index is 1.64. The van der Waals surface area contributed by atoms with Gasteiger partial charge in [-0.15, -0.1) is 23.2 Å². The molecular weight excluding hydrogens is 478 g/mol. The minimum absolute atomic E-state index is 0.0389. The van der Waals surface area contributed by atoms with Gasteiger partial charge in [-0.2, -0.15) is 0 Å². The molecule has 4 aliphatic carbocycles. The Bertz CT molecular complexity index is 963. The van der Waals surface area contributed by atoms with E-state index in [4.69, 9.17) is 44.3 Å². The van der Waals surface area contributed by atoms with Crippen LogP contribution in [0.25, 0.3) is 0 Å². The lowest BCUT2D eigenvalue weighted by Crippen LogP contribution is -2.68. The summed E-state index contributed by atoms with van der Waals surface area (Å²) in [5, 5.41) is -0.550. The SMILES string of the molecule is CC1(C)O[C@@H]2C[C@H]3[C@@H]4CCC5=CC(=O)C=C[C@]5(C)[C@@]4(Cl)[C@@H](Cl)C[C@]3(C)[C@]2(C(=O)C(F)Cl)O1. The molecule has 5 rings (SSSR count). The highest BCUT2D eigenvalue weighted by molar-refractivity contribution is 6.34. The van der Waals surface area contributed by atoms with Crippen molar-refractivity contribution in [1.29, 1.82) is 0 Å². The fourth-order valence-electron chi connectivity index (χ4n) is 7.84. The molecule has 5 aliphatic rings. The summed E-state index contributed by atoms with van der Waals surface area (Å²) in [4.78, 5) is 24.5. The normalized spacial score (nSPS) is 51.9. The molecular formula is C24H28Cl3FO4. The smallest absolute Gasteiger partial charge is 0.234 e. The molecule has 4 nitrogen and oxygen atoms in total. The van der Waals surface area contributed by atoms with Gasteiger partial charge < -0.3 is 9.47 Å². The number of halogens is 4. The number of ketones is 2. The second kappa shape index (κ2) is 6.81. The van der Waals surface area contributed by atoms with Crippen LogP contribution in [-0.2, 0) is 19.1 Å². The minimum atomic E-state index is -2.20. The molecule has 32 heavy (non-hydrogen) atoms. The van der Waals surface area contributed by atoms with E-state index < -0.39 is 50.0 Å². The van der Waals surface area contributed by atoms with Crippen molar-refractivity contribution in [3.8, 4) is 0 Å². The van der Waals surface area contributed by atoms with Gasteiger partial charge in [0.25, 0.3) is 0 Å². The molecule has 1 unspecified atom stereocenters. The van der Waals surface area contributed by atoms with Crippen LogP contribution in [0.3, 0.4) is 0 Å². The van der Waals surface area contributed by atoms with Crippen LogP contribution in [-0.4, -0.2) is 44.9 Å². The van der Waals surface area contributed by atoms with E-state index in [0.29, 0.717) is 19.3 Å². The van der Waals surface area contributed by atoms with Crippen molar-refractivity contribution in [2.24, 2.45) is 22.7 Å². The van der Waals surface area contributed by atoms with Crippen molar-refractivity contribution >= 4 is 46.4 Å². The number of rotatable bonds is 2. The van der Waals surface area contributed by atoms with Gasteiger partial charge in [0, 0.05) is 10.8 Å². The Morgan fingerprint density at radius 3 is 2.59 bits per heavy atom. The largest absolute Gasteiger partial charge is 0.344 e. The molecule has 0 bridgehead atoms. The standard InChI is InChI=1S/C24H28Cl3FO4/c1-20(2)31-17-10-15-14-6-5-12-9-13(29)7-8-21(12,3)23(14,27)16(25)11-22(15,4)24(17,32-20)18(30)19(26)28/h7-9,14-17,19H,5-6,10-11H2,1-4H3/t14-,15-,16-,17+,19?,21-,22-,23-,24-/m0/s1. The van der Waals surface area contributed by atoms with Crippen molar-refractivity contribution in [2.45, 2.75) is 86.8 Å². The van der Waals surface area contributed by atoms with E-state index in [2.05, 4.69) is 0 Å². The first-order chi connectivity index (χ1) is 14.7. The lowest BCUT2D eigenvalue weighted by Gasteiger charge is -2.64. The average molecular weight is 506 g/mol. The van der Waals surface area contributed by atoms with E-state index in [1.54, 1.807) is 26.0 Å². The molecule has 0 aromatic heterocycles. The number of Topliss-reactive ketones (excluding diaryl/α,β-unsaturated/α-hetero) is 1. The van der Waals surface area contributed by atoms with Gasteiger partial charge >= 0.3 is 0 Å². The summed E-state index contributed by atoms with van der Waals surface area (Å²) in [6, 6.07) is 0. The topological polar surface area (TPSA) is 52.6 Å². The van der Waals surface area contributed by atoms with Crippen LogP contribution in [0.4, 0.5) is 4.39 Å². The predicted octanol–water partition coefficient (Wildman–Crippen LogP) is 5.48. The summed E-state index contributed by atoms with van der Waals surface area (Å²) in [5.74, 6) is -2.04. The van der Waals surface area contributed by atoms with Crippen molar-refractivity contribution in [2.75, 3.05) is 0 Å². The van der Waals surface area contributed by atoms with Crippen LogP contribution in [0.5, 0.6) is 0 Å². The lowest BCUT2D eigenvalue weighted by molar-refractivity contribution is -0.213. The van der Waals surface area contributed by atoms with E-state index >= 15 is 0 Å². The maximum absolute atomic E-state index is 14.4. The third-order valence-electron chi connectivity index (χ3n) is 9.15. The van der Waals surface area contributed by atoms with Crippen LogP contribution in [0, 0.1) is 22.7 Å². The van der Waals surface area contributed by atoms with Gasteiger partial charge in [0.1, 0.15) is 0 Å². The summed E-state index contributed by atoms with van der Waals surface area (Å²) >= 11 is 20.4. The molecule has 0 aromatic rings. The highest BCUT2D eigenvalue weighted by Crippen LogP contribution is 2.73. The van der Waals surface area contributed by atoms with Crippen molar-refractivity contribution in [3.05, 3.63) is 23.8 Å². The zero-order chi connectivity index (χ0) is 23.5. The Kier molecular flexibility index (Phi) is 4.96. The van der Waals surface area contributed by atoms with E-state index in [1.165, 1.54) is 0 Å². The molecule has 176 valence electrons. The molecule has 1 saturated heterocycles. The quantitative estimate of drug-likeness (QED) is 0.467.